The monoisotopic (exact) mass is 287 g/mol. The van der Waals surface area contributed by atoms with E-state index < -0.39 is 17.2 Å². The van der Waals surface area contributed by atoms with E-state index in [1.54, 1.807) is 0 Å². The highest BCUT2D eigenvalue weighted by molar-refractivity contribution is 6.29. The molecule has 100 valence electrons. The Morgan fingerprint density at radius 2 is 2.32 bits per heavy atom. The van der Waals surface area contributed by atoms with E-state index in [9.17, 15) is 13.6 Å². The van der Waals surface area contributed by atoms with Crippen LogP contribution in [0.15, 0.2) is 36.6 Å². The second-order valence-corrected chi connectivity index (χ2v) is 4.12. The number of hydrogen-bond donors (Lipinski definition) is 2. The second kappa shape index (κ2) is 4.85. The molecule has 2 rings (SSSR count). The van der Waals surface area contributed by atoms with Crippen molar-refractivity contribution in [3.8, 4) is 5.75 Å². The Balaban J connectivity index is 2.51. The molecule has 0 radical (unpaired) electrons. The third-order valence-electron chi connectivity index (χ3n) is 2.30. The van der Waals surface area contributed by atoms with Gasteiger partial charge in [-0.05, 0) is 12.1 Å². The van der Waals surface area contributed by atoms with Gasteiger partial charge in [0.15, 0.2) is 5.75 Å². The minimum Gasteiger partial charge on any atom is -0.408 e. The molecule has 1 aliphatic heterocycles. The predicted octanol–water partition coefficient (Wildman–Crippen LogP) is 2.20. The molecule has 1 amide bonds. The maximum Gasteiger partial charge on any atom is 0.410 e. The number of dihydropyridines is 1. The number of nitrogens with one attached hydrogen (secondary N) is 1. The van der Waals surface area contributed by atoms with Crippen LogP contribution in [-0.4, -0.2) is 16.3 Å². The van der Waals surface area contributed by atoms with Crippen molar-refractivity contribution in [3.05, 3.63) is 42.1 Å². The van der Waals surface area contributed by atoms with Crippen molar-refractivity contribution in [2.75, 3.05) is 0 Å². The van der Waals surface area contributed by atoms with Gasteiger partial charge in [-0.25, -0.2) is 9.18 Å². The predicted molar refractivity (Wildman–Crippen MR) is 64.4 cm³/mol. The molecule has 0 fully saturated rings. The van der Waals surface area contributed by atoms with Gasteiger partial charge >= 0.3 is 6.09 Å². The number of primary amides is 1. The van der Waals surface area contributed by atoms with Gasteiger partial charge in [0, 0.05) is 23.5 Å². The minimum atomic E-state index is -2.54. The first kappa shape index (κ1) is 13.3. The number of nitrogens with zero attached hydrogens (tertiary/aromatic N) is 1. The fourth-order valence-electron chi connectivity index (χ4n) is 1.55. The lowest BCUT2D eigenvalue weighted by Gasteiger charge is -2.25. The van der Waals surface area contributed by atoms with Crippen LogP contribution in [0.3, 0.4) is 0 Å². The zero-order chi connectivity index (χ0) is 14.0. The number of carbonyl (C=O) groups is 1. The normalized spacial score (nSPS) is 22.1. The number of rotatable bonds is 2. The highest BCUT2D eigenvalue weighted by atomic mass is 35.5. The van der Waals surface area contributed by atoms with Gasteiger partial charge in [0.2, 0.25) is 0 Å². The lowest BCUT2D eigenvalue weighted by molar-refractivity contribution is 0.210. The largest absolute Gasteiger partial charge is 0.410 e. The molecule has 1 aromatic heterocycles. The molecular weight excluding hydrogens is 280 g/mol. The van der Waals surface area contributed by atoms with Crippen LogP contribution in [0.4, 0.5) is 13.6 Å². The van der Waals surface area contributed by atoms with Gasteiger partial charge in [-0.15, -0.1) is 0 Å². The fraction of sp³-hybridized carbons (Fsp3) is 0.0909. The van der Waals surface area contributed by atoms with Crippen molar-refractivity contribution < 1.29 is 18.3 Å². The van der Waals surface area contributed by atoms with Crippen molar-refractivity contribution in [3.63, 3.8) is 0 Å². The Morgan fingerprint density at radius 3 is 3.00 bits per heavy atom. The van der Waals surface area contributed by atoms with Gasteiger partial charge in [0.1, 0.15) is 5.83 Å². The zero-order valence-electron chi connectivity index (χ0n) is 9.36. The SMILES string of the molecule is NC(=O)Oc1cnccc1C1=CC(F)=CNC1(F)Cl. The van der Waals surface area contributed by atoms with E-state index in [2.05, 4.69) is 9.72 Å². The number of aromatic nitrogens is 1. The van der Waals surface area contributed by atoms with Gasteiger partial charge in [-0.1, -0.05) is 11.6 Å². The summed E-state index contributed by atoms with van der Waals surface area (Å²) in [6.07, 6.45) is 3.02. The molecule has 0 spiro atoms. The Labute approximate surface area is 111 Å². The van der Waals surface area contributed by atoms with E-state index in [0.29, 0.717) is 0 Å². The highest BCUT2D eigenvalue weighted by Gasteiger charge is 2.36. The summed E-state index contributed by atoms with van der Waals surface area (Å²) in [7, 11) is 0. The molecule has 0 bridgehead atoms. The molecule has 2 heterocycles. The van der Waals surface area contributed by atoms with Crippen LogP contribution in [0.5, 0.6) is 5.75 Å². The van der Waals surface area contributed by atoms with E-state index in [4.69, 9.17) is 17.3 Å². The maximum atomic E-state index is 14.1. The summed E-state index contributed by atoms with van der Waals surface area (Å²) in [5.41, 5.74) is 4.68. The first-order valence-electron chi connectivity index (χ1n) is 5.05. The molecule has 8 heteroatoms. The molecule has 1 atom stereocenters. The number of amides is 1. The molecule has 1 unspecified atom stereocenters. The first-order valence-corrected chi connectivity index (χ1v) is 5.43. The third-order valence-corrected chi connectivity index (χ3v) is 2.61. The average molecular weight is 288 g/mol. The molecule has 0 aliphatic carbocycles. The Kier molecular flexibility index (Phi) is 3.39. The van der Waals surface area contributed by atoms with Crippen LogP contribution in [0, 0.1) is 0 Å². The Hall–Kier alpha value is -2.15. The highest BCUT2D eigenvalue weighted by Crippen LogP contribution is 2.39. The molecule has 1 aromatic rings. The summed E-state index contributed by atoms with van der Waals surface area (Å²) in [4.78, 5) is 14.5. The molecule has 0 saturated carbocycles. The fourth-order valence-corrected chi connectivity index (χ4v) is 1.76. The standard InChI is InChI=1S/C11H8ClF2N3O2/c12-11(14)8(3-6(13)4-17-11)7-1-2-16-5-9(7)19-10(15)18/h1-5,17H,(H2,15,18). The van der Waals surface area contributed by atoms with Crippen LogP contribution >= 0.6 is 11.6 Å². The summed E-state index contributed by atoms with van der Waals surface area (Å²) in [6, 6.07) is 1.32. The van der Waals surface area contributed by atoms with E-state index in [1.165, 1.54) is 12.3 Å². The number of ether oxygens (including phenoxy) is 1. The summed E-state index contributed by atoms with van der Waals surface area (Å²) >= 11 is 5.60. The topological polar surface area (TPSA) is 77.2 Å². The van der Waals surface area contributed by atoms with Crippen LogP contribution in [0.1, 0.15) is 5.56 Å². The van der Waals surface area contributed by atoms with Crippen molar-refractivity contribution >= 4 is 23.3 Å². The Bertz CT molecular complexity index is 587. The summed E-state index contributed by atoms with van der Waals surface area (Å²) in [5.74, 6) is -0.855. The second-order valence-electron chi connectivity index (χ2n) is 3.60. The number of hydrogen-bond acceptors (Lipinski definition) is 4. The molecule has 3 N–H and O–H groups in total. The van der Waals surface area contributed by atoms with Gasteiger partial charge in [0.05, 0.1) is 6.20 Å². The van der Waals surface area contributed by atoms with Crippen molar-refractivity contribution in [1.82, 2.24) is 10.3 Å². The van der Waals surface area contributed by atoms with Crippen LogP contribution in [0.25, 0.3) is 5.57 Å². The summed E-state index contributed by atoms with van der Waals surface area (Å²) in [6.45, 7) is 0. The quantitative estimate of drug-likeness (QED) is 0.646. The van der Waals surface area contributed by atoms with Crippen LogP contribution in [0.2, 0.25) is 0 Å². The maximum absolute atomic E-state index is 14.1. The number of alkyl halides is 2. The van der Waals surface area contributed by atoms with Crippen LogP contribution < -0.4 is 15.8 Å². The molecule has 1 aliphatic rings. The lowest BCUT2D eigenvalue weighted by Crippen LogP contribution is -2.35. The first-order chi connectivity index (χ1) is 8.90. The number of pyridine rings is 1. The van der Waals surface area contributed by atoms with Crippen LogP contribution in [-0.2, 0) is 0 Å². The number of carbonyl (C=O) groups excluding carboxylic acids is 1. The van der Waals surface area contributed by atoms with Gasteiger partial charge in [0.25, 0.3) is 5.25 Å². The number of allylic oxidation sites excluding steroid dienone is 2. The lowest BCUT2D eigenvalue weighted by atomic mass is 10.0. The third kappa shape index (κ3) is 2.82. The van der Waals surface area contributed by atoms with Gasteiger partial charge in [-0.3, -0.25) is 4.98 Å². The summed E-state index contributed by atoms with van der Waals surface area (Å²) in [5, 5.41) is -0.496. The van der Waals surface area contributed by atoms with Crippen molar-refractivity contribution in [1.29, 1.82) is 0 Å². The van der Waals surface area contributed by atoms with E-state index >= 15 is 0 Å². The molecule has 5 nitrogen and oxygen atoms in total. The number of halogens is 3. The molecule has 0 saturated heterocycles. The van der Waals surface area contributed by atoms with Crippen molar-refractivity contribution in [2.24, 2.45) is 5.73 Å². The molecule has 0 aromatic carbocycles. The molecule has 19 heavy (non-hydrogen) atoms. The zero-order valence-corrected chi connectivity index (χ0v) is 10.1. The van der Waals surface area contributed by atoms with E-state index in [1.807, 2.05) is 5.32 Å². The van der Waals surface area contributed by atoms with E-state index in [-0.39, 0.29) is 16.9 Å². The minimum absolute atomic E-state index is 0.0575. The van der Waals surface area contributed by atoms with Gasteiger partial charge < -0.3 is 15.8 Å². The smallest absolute Gasteiger partial charge is 0.408 e. The van der Waals surface area contributed by atoms with E-state index in [0.717, 1.165) is 18.5 Å². The Morgan fingerprint density at radius 1 is 1.58 bits per heavy atom. The summed E-state index contributed by atoms with van der Waals surface area (Å²) < 4.78 is 32.0. The van der Waals surface area contributed by atoms with Gasteiger partial charge in [-0.2, -0.15) is 4.39 Å². The molecular formula is C11H8ClF2N3O2. The van der Waals surface area contributed by atoms with Crippen molar-refractivity contribution in [2.45, 2.75) is 5.25 Å². The average Bonchev–Trinajstić information content (AvgIpc) is 2.33. The number of nitrogens with two attached hydrogens (primary N) is 1.